The Hall–Kier alpha value is -2.42. The SMILES string of the molecule is CC(O)(CNC(=O)c1cc([N+](=O)[O-])c[nH]1)C(=O)O. The van der Waals surface area contributed by atoms with Gasteiger partial charge in [0.2, 0.25) is 0 Å². The van der Waals surface area contributed by atoms with E-state index >= 15 is 0 Å². The summed E-state index contributed by atoms with van der Waals surface area (Å²) in [7, 11) is 0. The van der Waals surface area contributed by atoms with Crippen LogP contribution in [0, 0.1) is 10.1 Å². The molecule has 98 valence electrons. The summed E-state index contributed by atoms with van der Waals surface area (Å²) in [6.07, 6.45) is 1.03. The van der Waals surface area contributed by atoms with Gasteiger partial charge in [0, 0.05) is 6.07 Å². The van der Waals surface area contributed by atoms with E-state index in [1.54, 1.807) is 0 Å². The minimum Gasteiger partial charge on any atom is -0.479 e. The number of aliphatic carboxylic acids is 1. The molecule has 1 aromatic heterocycles. The third kappa shape index (κ3) is 3.04. The lowest BCUT2D eigenvalue weighted by Crippen LogP contribution is -2.46. The number of aromatic nitrogens is 1. The number of carbonyl (C=O) groups is 2. The van der Waals surface area contributed by atoms with Crippen LogP contribution in [0.2, 0.25) is 0 Å². The first-order chi connectivity index (χ1) is 8.24. The third-order valence-electron chi connectivity index (χ3n) is 2.18. The quantitative estimate of drug-likeness (QED) is 0.412. The van der Waals surface area contributed by atoms with Gasteiger partial charge >= 0.3 is 5.97 Å². The molecule has 1 heterocycles. The zero-order valence-electron chi connectivity index (χ0n) is 9.34. The van der Waals surface area contributed by atoms with Gasteiger partial charge in [-0.15, -0.1) is 0 Å². The number of hydrogen-bond acceptors (Lipinski definition) is 5. The van der Waals surface area contributed by atoms with Crippen LogP contribution < -0.4 is 5.32 Å². The number of rotatable bonds is 5. The molecule has 0 saturated heterocycles. The molecule has 4 N–H and O–H groups in total. The van der Waals surface area contributed by atoms with Crippen molar-refractivity contribution in [1.29, 1.82) is 0 Å². The normalized spacial score (nSPS) is 13.7. The Morgan fingerprint density at radius 3 is 2.67 bits per heavy atom. The predicted octanol–water partition coefficient (Wildman–Crippen LogP) is -0.512. The molecule has 1 unspecified atom stereocenters. The Morgan fingerprint density at radius 1 is 1.61 bits per heavy atom. The van der Waals surface area contributed by atoms with Gasteiger partial charge in [-0.3, -0.25) is 14.9 Å². The second-order valence-electron chi connectivity index (χ2n) is 3.79. The second-order valence-corrected chi connectivity index (χ2v) is 3.79. The van der Waals surface area contributed by atoms with Crippen LogP contribution in [0.25, 0.3) is 0 Å². The zero-order chi connectivity index (χ0) is 13.9. The molecule has 1 rings (SSSR count). The molecule has 1 aromatic rings. The summed E-state index contributed by atoms with van der Waals surface area (Å²) in [5.41, 5.74) is -2.48. The predicted molar refractivity (Wildman–Crippen MR) is 58.0 cm³/mol. The van der Waals surface area contributed by atoms with Gasteiger partial charge in [0.1, 0.15) is 5.69 Å². The van der Waals surface area contributed by atoms with Gasteiger partial charge in [-0.05, 0) is 6.92 Å². The van der Waals surface area contributed by atoms with E-state index in [9.17, 15) is 24.8 Å². The lowest BCUT2D eigenvalue weighted by molar-refractivity contribution is -0.384. The smallest absolute Gasteiger partial charge is 0.337 e. The summed E-state index contributed by atoms with van der Waals surface area (Å²) in [5.74, 6) is -2.23. The Bertz CT molecular complexity index is 492. The van der Waals surface area contributed by atoms with E-state index in [-0.39, 0.29) is 11.4 Å². The van der Waals surface area contributed by atoms with E-state index < -0.39 is 28.9 Å². The van der Waals surface area contributed by atoms with Gasteiger partial charge in [-0.1, -0.05) is 0 Å². The average Bonchev–Trinajstić information content (AvgIpc) is 2.75. The van der Waals surface area contributed by atoms with Crippen LogP contribution >= 0.6 is 0 Å². The summed E-state index contributed by atoms with van der Waals surface area (Å²) < 4.78 is 0. The van der Waals surface area contributed by atoms with Crippen LogP contribution in [0.15, 0.2) is 12.3 Å². The lowest BCUT2D eigenvalue weighted by Gasteiger charge is -2.17. The van der Waals surface area contributed by atoms with Crippen LogP contribution in [0.5, 0.6) is 0 Å². The van der Waals surface area contributed by atoms with Crippen LogP contribution in [0.1, 0.15) is 17.4 Å². The highest BCUT2D eigenvalue weighted by Crippen LogP contribution is 2.12. The summed E-state index contributed by atoms with van der Waals surface area (Å²) in [6, 6.07) is 1.00. The maximum atomic E-state index is 11.5. The van der Waals surface area contributed by atoms with Crippen molar-refractivity contribution in [2.75, 3.05) is 6.54 Å². The number of nitro groups is 1. The monoisotopic (exact) mass is 257 g/mol. The highest BCUT2D eigenvalue weighted by atomic mass is 16.6. The maximum Gasteiger partial charge on any atom is 0.337 e. The number of nitrogens with zero attached hydrogens (tertiary/aromatic N) is 1. The van der Waals surface area contributed by atoms with E-state index in [1.165, 1.54) is 0 Å². The van der Waals surface area contributed by atoms with E-state index in [4.69, 9.17) is 5.11 Å². The van der Waals surface area contributed by atoms with Crippen LogP contribution in [0.4, 0.5) is 5.69 Å². The summed E-state index contributed by atoms with van der Waals surface area (Å²) in [5, 5.41) is 30.5. The van der Waals surface area contributed by atoms with Crippen molar-refractivity contribution >= 4 is 17.6 Å². The molecule has 1 atom stereocenters. The molecule has 0 spiro atoms. The topological polar surface area (TPSA) is 146 Å². The summed E-state index contributed by atoms with van der Waals surface area (Å²) in [6.45, 7) is 0.501. The van der Waals surface area contributed by atoms with Crippen LogP contribution in [0.3, 0.4) is 0 Å². The fraction of sp³-hybridized carbons (Fsp3) is 0.333. The number of amides is 1. The Balaban J connectivity index is 2.66. The fourth-order valence-corrected chi connectivity index (χ4v) is 1.04. The first-order valence-electron chi connectivity index (χ1n) is 4.81. The van der Waals surface area contributed by atoms with Gasteiger partial charge in [0.05, 0.1) is 17.7 Å². The number of aliphatic hydroxyl groups is 1. The Morgan fingerprint density at radius 2 is 2.22 bits per heavy atom. The number of nitrogens with one attached hydrogen (secondary N) is 2. The molecule has 0 bridgehead atoms. The van der Waals surface area contributed by atoms with Crippen molar-refractivity contribution < 1.29 is 24.7 Å². The molecule has 0 saturated carbocycles. The molecule has 0 aliphatic rings. The number of hydrogen-bond donors (Lipinski definition) is 4. The van der Waals surface area contributed by atoms with Crippen LogP contribution in [-0.4, -0.2) is 44.1 Å². The standard InChI is InChI=1S/C9H11N3O6/c1-9(16,8(14)15)4-11-7(13)6-2-5(3-10-6)12(17)18/h2-3,10,16H,4H2,1H3,(H,11,13)(H,14,15). The Kier molecular flexibility index (Phi) is 3.67. The van der Waals surface area contributed by atoms with Gasteiger partial charge < -0.3 is 20.5 Å². The van der Waals surface area contributed by atoms with E-state index in [2.05, 4.69) is 10.3 Å². The minimum absolute atomic E-state index is 0.0945. The van der Waals surface area contributed by atoms with Gasteiger partial charge in [-0.25, -0.2) is 4.79 Å². The number of aromatic amines is 1. The van der Waals surface area contributed by atoms with E-state index in [0.29, 0.717) is 0 Å². The molecular weight excluding hydrogens is 246 g/mol. The van der Waals surface area contributed by atoms with Gasteiger partial charge in [0.25, 0.3) is 11.6 Å². The lowest BCUT2D eigenvalue weighted by atomic mass is 10.1. The average molecular weight is 257 g/mol. The number of carbonyl (C=O) groups excluding carboxylic acids is 1. The first-order valence-corrected chi connectivity index (χ1v) is 4.81. The van der Waals surface area contributed by atoms with Gasteiger partial charge in [-0.2, -0.15) is 0 Å². The molecular formula is C9H11N3O6. The summed E-state index contributed by atoms with van der Waals surface area (Å²) >= 11 is 0. The number of H-pyrrole nitrogens is 1. The third-order valence-corrected chi connectivity index (χ3v) is 2.18. The Labute approximate surface area is 101 Å². The van der Waals surface area contributed by atoms with Crippen LogP contribution in [-0.2, 0) is 4.79 Å². The molecule has 9 nitrogen and oxygen atoms in total. The van der Waals surface area contributed by atoms with E-state index in [1.807, 2.05) is 0 Å². The molecule has 0 aromatic carbocycles. The molecule has 0 aliphatic heterocycles. The first kappa shape index (κ1) is 13.6. The van der Waals surface area contributed by atoms with E-state index in [0.717, 1.165) is 19.2 Å². The fourth-order valence-electron chi connectivity index (χ4n) is 1.04. The number of carboxylic acid groups (broad SMARTS) is 1. The highest BCUT2D eigenvalue weighted by molar-refractivity contribution is 5.93. The van der Waals surface area contributed by atoms with Crippen molar-refractivity contribution in [3.05, 3.63) is 28.1 Å². The molecule has 0 fully saturated rings. The largest absolute Gasteiger partial charge is 0.479 e. The molecule has 18 heavy (non-hydrogen) atoms. The molecule has 0 aliphatic carbocycles. The van der Waals surface area contributed by atoms with Crippen molar-refractivity contribution in [2.24, 2.45) is 0 Å². The number of carboxylic acids is 1. The zero-order valence-corrected chi connectivity index (χ0v) is 9.34. The highest BCUT2D eigenvalue weighted by Gasteiger charge is 2.30. The summed E-state index contributed by atoms with van der Waals surface area (Å²) in [4.78, 5) is 34.1. The second kappa shape index (κ2) is 4.84. The molecule has 9 heteroatoms. The van der Waals surface area contributed by atoms with Crippen molar-refractivity contribution in [1.82, 2.24) is 10.3 Å². The maximum absolute atomic E-state index is 11.5. The minimum atomic E-state index is -2.10. The molecule has 1 amide bonds. The molecule has 0 radical (unpaired) electrons. The van der Waals surface area contributed by atoms with Crippen molar-refractivity contribution in [2.45, 2.75) is 12.5 Å². The van der Waals surface area contributed by atoms with Crippen molar-refractivity contribution in [3.8, 4) is 0 Å². The van der Waals surface area contributed by atoms with Crippen molar-refractivity contribution in [3.63, 3.8) is 0 Å². The van der Waals surface area contributed by atoms with Gasteiger partial charge in [0.15, 0.2) is 5.60 Å².